The number of aromatic nitrogens is 4. The van der Waals surface area contributed by atoms with Crippen molar-refractivity contribution in [2.45, 2.75) is 31.1 Å². The summed E-state index contributed by atoms with van der Waals surface area (Å²) in [6.45, 7) is 0.102. The second-order valence-electron chi connectivity index (χ2n) is 6.23. The van der Waals surface area contributed by atoms with Gasteiger partial charge in [0.2, 0.25) is 5.28 Å². The van der Waals surface area contributed by atoms with Gasteiger partial charge in [0.05, 0.1) is 12.9 Å². The van der Waals surface area contributed by atoms with E-state index in [1.807, 2.05) is 30.3 Å². The summed E-state index contributed by atoms with van der Waals surface area (Å²) in [6.07, 6.45) is -2.87. The summed E-state index contributed by atoms with van der Waals surface area (Å²) < 4.78 is 7.02. The monoisotopic (exact) mass is 391 g/mol. The van der Waals surface area contributed by atoms with Gasteiger partial charge in [-0.25, -0.2) is 4.98 Å². The van der Waals surface area contributed by atoms with Crippen molar-refractivity contribution in [2.24, 2.45) is 0 Å². The summed E-state index contributed by atoms with van der Waals surface area (Å²) in [7, 11) is 0. The normalized spacial score (nSPS) is 25.2. The molecule has 2 aromatic heterocycles. The highest BCUT2D eigenvalue weighted by Gasteiger charge is 2.44. The molecule has 4 rings (SSSR count). The SMILES string of the molecule is OC[C@H]1O[C@@H](n2cnc3c(NCc4ccccc4)nc(Cl)nc32)[C@@H](O)C1O. The van der Waals surface area contributed by atoms with Crippen molar-refractivity contribution in [1.82, 2.24) is 19.5 Å². The van der Waals surface area contributed by atoms with E-state index in [1.165, 1.54) is 10.9 Å². The molecule has 3 heterocycles. The van der Waals surface area contributed by atoms with Crippen LogP contribution in [0.3, 0.4) is 0 Å². The Hall–Kier alpha value is -2.30. The van der Waals surface area contributed by atoms with E-state index in [0.29, 0.717) is 23.5 Å². The Balaban J connectivity index is 1.66. The zero-order valence-corrected chi connectivity index (χ0v) is 14.9. The first-order chi connectivity index (χ1) is 13.1. The fourth-order valence-corrected chi connectivity index (χ4v) is 3.26. The molecule has 0 spiro atoms. The van der Waals surface area contributed by atoms with Crippen LogP contribution in [-0.2, 0) is 11.3 Å². The maximum Gasteiger partial charge on any atom is 0.226 e. The largest absolute Gasteiger partial charge is 0.394 e. The van der Waals surface area contributed by atoms with Crippen molar-refractivity contribution in [3.05, 3.63) is 47.5 Å². The number of aliphatic hydroxyl groups excluding tert-OH is 3. The van der Waals surface area contributed by atoms with E-state index >= 15 is 0 Å². The van der Waals surface area contributed by atoms with Crippen molar-refractivity contribution < 1.29 is 20.1 Å². The first-order valence-electron chi connectivity index (χ1n) is 8.39. The summed E-state index contributed by atoms with van der Waals surface area (Å²) in [4.78, 5) is 12.7. The number of anilines is 1. The second kappa shape index (κ2) is 7.37. The van der Waals surface area contributed by atoms with Gasteiger partial charge in [-0.15, -0.1) is 0 Å². The predicted octanol–water partition coefficient (Wildman–Crippen LogP) is 0.703. The lowest BCUT2D eigenvalue weighted by atomic mass is 10.1. The number of hydrogen-bond acceptors (Lipinski definition) is 8. The van der Waals surface area contributed by atoms with Crippen LogP contribution in [0, 0.1) is 0 Å². The highest BCUT2D eigenvalue weighted by Crippen LogP contribution is 2.32. The van der Waals surface area contributed by atoms with Gasteiger partial charge in [-0.2, -0.15) is 9.97 Å². The molecule has 10 heteroatoms. The fraction of sp³-hybridized carbons (Fsp3) is 0.353. The van der Waals surface area contributed by atoms with Crippen LogP contribution in [0.4, 0.5) is 5.82 Å². The Morgan fingerprint density at radius 1 is 1.15 bits per heavy atom. The maximum atomic E-state index is 10.3. The van der Waals surface area contributed by atoms with Crippen molar-refractivity contribution in [3.63, 3.8) is 0 Å². The number of rotatable bonds is 5. The Bertz CT molecular complexity index is 938. The molecule has 1 fully saturated rings. The average molecular weight is 392 g/mol. The number of aliphatic hydroxyl groups is 3. The van der Waals surface area contributed by atoms with E-state index in [9.17, 15) is 15.3 Å². The molecule has 1 aliphatic heterocycles. The predicted molar refractivity (Wildman–Crippen MR) is 97.1 cm³/mol. The van der Waals surface area contributed by atoms with Gasteiger partial charge >= 0.3 is 0 Å². The molecule has 27 heavy (non-hydrogen) atoms. The lowest BCUT2D eigenvalue weighted by Crippen LogP contribution is -2.33. The minimum absolute atomic E-state index is 0.00607. The smallest absolute Gasteiger partial charge is 0.226 e. The van der Waals surface area contributed by atoms with E-state index in [1.54, 1.807) is 0 Å². The van der Waals surface area contributed by atoms with Crippen LogP contribution in [0.2, 0.25) is 5.28 Å². The van der Waals surface area contributed by atoms with E-state index < -0.39 is 31.1 Å². The molecule has 4 N–H and O–H groups in total. The fourth-order valence-electron chi connectivity index (χ4n) is 3.09. The molecule has 0 radical (unpaired) electrons. The molecule has 0 saturated carbocycles. The number of fused-ring (bicyclic) bond motifs is 1. The van der Waals surface area contributed by atoms with Crippen LogP contribution in [-0.4, -0.2) is 59.8 Å². The summed E-state index contributed by atoms with van der Waals surface area (Å²) in [6, 6.07) is 9.77. The molecule has 0 bridgehead atoms. The molecule has 1 unspecified atom stereocenters. The zero-order chi connectivity index (χ0) is 19.0. The summed E-state index contributed by atoms with van der Waals surface area (Å²) >= 11 is 6.07. The van der Waals surface area contributed by atoms with Crippen LogP contribution < -0.4 is 5.32 Å². The van der Waals surface area contributed by atoms with Crippen molar-refractivity contribution in [1.29, 1.82) is 0 Å². The standard InChI is InChI=1S/C17H18ClN5O4/c18-17-21-14(19-6-9-4-2-1-3-5-9)11-15(22-17)23(8-20-11)16-13(26)12(25)10(7-24)27-16/h1-5,8,10,12-13,16,24-26H,6-7H2,(H,19,21,22)/t10-,12?,13+,16-/m1/s1. The van der Waals surface area contributed by atoms with Gasteiger partial charge in [-0.1, -0.05) is 30.3 Å². The quantitative estimate of drug-likeness (QED) is 0.468. The lowest BCUT2D eigenvalue weighted by molar-refractivity contribution is -0.0511. The topological polar surface area (TPSA) is 126 Å². The van der Waals surface area contributed by atoms with E-state index in [0.717, 1.165) is 5.56 Å². The summed E-state index contributed by atoms with van der Waals surface area (Å²) in [5.74, 6) is 0.444. The van der Waals surface area contributed by atoms with E-state index in [-0.39, 0.29) is 5.28 Å². The van der Waals surface area contributed by atoms with Gasteiger partial charge in [-0.3, -0.25) is 4.57 Å². The highest BCUT2D eigenvalue weighted by atomic mass is 35.5. The van der Waals surface area contributed by atoms with Crippen LogP contribution >= 0.6 is 11.6 Å². The van der Waals surface area contributed by atoms with Crippen LogP contribution in [0.5, 0.6) is 0 Å². The molecule has 1 aromatic carbocycles. The molecule has 0 amide bonds. The molecule has 4 atom stereocenters. The number of halogens is 1. The Labute approximate surface area is 159 Å². The Morgan fingerprint density at radius 2 is 1.93 bits per heavy atom. The molecule has 1 saturated heterocycles. The van der Waals surface area contributed by atoms with Crippen LogP contribution in [0.1, 0.15) is 11.8 Å². The Kier molecular flexibility index (Phi) is 4.94. The van der Waals surface area contributed by atoms with Gasteiger partial charge in [0, 0.05) is 6.54 Å². The maximum absolute atomic E-state index is 10.3. The van der Waals surface area contributed by atoms with E-state index in [4.69, 9.17) is 16.3 Å². The van der Waals surface area contributed by atoms with Crippen LogP contribution in [0.15, 0.2) is 36.7 Å². The number of ether oxygens (including phenoxy) is 1. The second-order valence-corrected chi connectivity index (χ2v) is 6.57. The van der Waals surface area contributed by atoms with Crippen molar-refractivity contribution >= 4 is 28.6 Å². The number of benzene rings is 1. The van der Waals surface area contributed by atoms with Gasteiger partial charge < -0.3 is 25.4 Å². The van der Waals surface area contributed by atoms with Gasteiger partial charge in [0.1, 0.15) is 18.3 Å². The number of imidazole rings is 1. The molecular formula is C17H18ClN5O4. The number of hydrogen-bond donors (Lipinski definition) is 4. The summed E-state index contributed by atoms with van der Waals surface area (Å²) in [5, 5.41) is 32.7. The number of nitrogens with one attached hydrogen (secondary N) is 1. The van der Waals surface area contributed by atoms with Crippen molar-refractivity contribution in [3.8, 4) is 0 Å². The molecule has 3 aromatic rings. The minimum atomic E-state index is -1.24. The van der Waals surface area contributed by atoms with Gasteiger partial charge in [-0.05, 0) is 17.2 Å². The molecule has 9 nitrogen and oxygen atoms in total. The van der Waals surface area contributed by atoms with Crippen LogP contribution in [0.25, 0.3) is 11.2 Å². The third-order valence-electron chi connectivity index (χ3n) is 4.49. The lowest BCUT2D eigenvalue weighted by Gasteiger charge is -2.16. The Morgan fingerprint density at radius 3 is 2.63 bits per heavy atom. The molecular weight excluding hydrogens is 374 g/mol. The third kappa shape index (κ3) is 3.35. The van der Waals surface area contributed by atoms with E-state index in [2.05, 4.69) is 20.3 Å². The van der Waals surface area contributed by atoms with Crippen molar-refractivity contribution in [2.75, 3.05) is 11.9 Å². The first-order valence-corrected chi connectivity index (χ1v) is 8.76. The minimum Gasteiger partial charge on any atom is -0.394 e. The van der Waals surface area contributed by atoms with Gasteiger partial charge in [0.15, 0.2) is 23.2 Å². The zero-order valence-electron chi connectivity index (χ0n) is 14.1. The summed E-state index contributed by atoms with van der Waals surface area (Å²) in [5.41, 5.74) is 1.86. The highest BCUT2D eigenvalue weighted by molar-refractivity contribution is 6.28. The van der Waals surface area contributed by atoms with Gasteiger partial charge in [0.25, 0.3) is 0 Å². The molecule has 142 valence electrons. The average Bonchev–Trinajstić information content (AvgIpc) is 3.22. The first kappa shape index (κ1) is 18.1. The molecule has 0 aliphatic carbocycles. The number of nitrogens with zero attached hydrogens (tertiary/aromatic N) is 4. The molecule has 1 aliphatic rings. The third-order valence-corrected chi connectivity index (χ3v) is 4.66.